The fourth-order valence-electron chi connectivity index (χ4n) is 2.85. The number of hydrogen-bond acceptors (Lipinski definition) is 5. The van der Waals surface area contributed by atoms with E-state index >= 15 is 0 Å². The van der Waals surface area contributed by atoms with Gasteiger partial charge in [0.15, 0.2) is 0 Å². The Kier molecular flexibility index (Phi) is 4.94. The number of nitriles is 1. The second-order valence-electron chi connectivity index (χ2n) is 5.53. The van der Waals surface area contributed by atoms with Crippen molar-refractivity contribution in [3.63, 3.8) is 0 Å². The van der Waals surface area contributed by atoms with Crippen LogP contribution in [-0.2, 0) is 4.79 Å². The standard InChI is InChI=1S/C15H18N4O3/c16-9-12-8-13(4-5-14(12)19(21)22)18-7-1-2-11(10-18)3-6-15(17)20/h4-5,8,11H,1-3,6-7,10H2,(H2,17,20)/t11-/m1/s1. The smallest absolute Gasteiger partial charge is 0.287 e. The lowest BCUT2D eigenvalue weighted by Crippen LogP contribution is -2.35. The first kappa shape index (κ1) is 15.8. The van der Waals surface area contributed by atoms with Gasteiger partial charge in [0.1, 0.15) is 11.6 Å². The Morgan fingerprint density at radius 3 is 2.95 bits per heavy atom. The molecule has 0 unspecified atom stereocenters. The molecule has 116 valence electrons. The van der Waals surface area contributed by atoms with Crippen molar-refractivity contribution in [3.05, 3.63) is 33.9 Å². The SMILES string of the molecule is N#Cc1cc(N2CCC[C@H](CCC(N)=O)C2)ccc1[N+](=O)[O-]. The maximum absolute atomic E-state index is 10.9. The van der Waals surface area contributed by atoms with Crippen LogP contribution in [0.3, 0.4) is 0 Å². The predicted molar refractivity (Wildman–Crippen MR) is 81.2 cm³/mol. The Hall–Kier alpha value is -2.62. The zero-order valence-electron chi connectivity index (χ0n) is 12.2. The third kappa shape index (κ3) is 3.73. The van der Waals surface area contributed by atoms with Gasteiger partial charge in [-0.25, -0.2) is 0 Å². The Bertz CT molecular complexity index is 624. The highest BCUT2D eigenvalue weighted by atomic mass is 16.6. The number of anilines is 1. The molecule has 1 amide bonds. The molecule has 1 aromatic rings. The number of nitrogens with zero attached hydrogens (tertiary/aromatic N) is 3. The number of primary amides is 1. The first-order valence-corrected chi connectivity index (χ1v) is 7.23. The van der Waals surface area contributed by atoms with Crippen LogP contribution in [0.4, 0.5) is 11.4 Å². The first-order chi connectivity index (χ1) is 10.5. The summed E-state index contributed by atoms with van der Waals surface area (Å²) in [6, 6.07) is 6.49. The van der Waals surface area contributed by atoms with E-state index in [4.69, 9.17) is 11.0 Å². The maximum Gasteiger partial charge on any atom is 0.287 e. The molecular weight excluding hydrogens is 284 g/mol. The van der Waals surface area contributed by atoms with Crippen LogP contribution in [0, 0.1) is 27.4 Å². The van der Waals surface area contributed by atoms with Gasteiger partial charge in [0.05, 0.1) is 4.92 Å². The molecule has 7 heteroatoms. The van der Waals surface area contributed by atoms with E-state index in [0.717, 1.165) is 38.0 Å². The summed E-state index contributed by atoms with van der Waals surface area (Å²) in [4.78, 5) is 23.3. The van der Waals surface area contributed by atoms with Crippen LogP contribution >= 0.6 is 0 Å². The van der Waals surface area contributed by atoms with Crippen LogP contribution in [0.25, 0.3) is 0 Å². The summed E-state index contributed by atoms with van der Waals surface area (Å²) in [6.45, 7) is 1.62. The Morgan fingerprint density at radius 1 is 1.55 bits per heavy atom. The van der Waals surface area contributed by atoms with Crippen LogP contribution in [-0.4, -0.2) is 23.9 Å². The van der Waals surface area contributed by atoms with Gasteiger partial charge < -0.3 is 10.6 Å². The van der Waals surface area contributed by atoms with Crippen molar-refractivity contribution in [1.29, 1.82) is 5.26 Å². The van der Waals surface area contributed by atoms with Crippen molar-refractivity contribution in [2.45, 2.75) is 25.7 Å². The number of hydrogen-bond donors (Lipinski definition) is 1. The summed E-state index contributed by atoms with van der Waals surface area (Å²) in [5.41, 5.74) is 5.90. The van der Waals surface area contributed by atoms with Crippen LogP contribution in [0.5, 0.6) is 0 Å². The molecule has 0 spiro atoms. The number of rotatable bonds is 5. The van der Waals surface area contributed by atoms with Gasteiger partial charge in [-0.3, -0.25) is 14.9 Å². The summed E-state index contributed by atoms with van der Waals surface area (Å²) in [6.07, 6.45) is 3.16. The lowest BCUT2D eigenvalue weighted by molar-refractivity contribution is -0.385. The summed E-state index contributed by atoms with van der Waals surface area (Å²) < 4.78 is 0. The van der Waals surface area contributed by atoms with Gasteiger partial charge in [-0.05, 0) is 37.3 Å². The normalized spacial score (nSPS) is 17.8. The molecule has 1 aromatic carbocycles. The van der Waals surface area contributed by atoms with Gasteiger partial charge >= 0.3 is 0 Å². The van der Waals surface area contributed by atoms with E-state index in [-0.39, 0.29) is 17.2 Å². The van der Waals surface area contributed by atoms with Crippen molar-refractivity contribution in [1.82, 2.24) is 0 Å². The number of nitro benzene ring substituents is 1. The number of carbonyl (C=O) groups excluding carboxylic acids is 1. The topological polar surface area (TPSA) is 113 Å². The van der Waals surface area contributed by atoms with Gasteiger partial charge in [-0.2, -0.15) is 5.26 Å². The molecule has 0 aliphatic carbocycles. The molecule has 1 heterocycles. The van der Waals surface area contributed by atoms with E-state index in [1.807, 2.05) is 6.07 Å². The second kappa shape index (κ2) is 6.89. The fourth-order valence-corrected chi connectivity index (χ4v) is 2.85. The van der Waals surface area contributed by atoms with Crippen molar-refractivity contribution in [2.75, 3.05) is 18.0 Å². The Balaban J connectivity index is 2.12. The quantitative estimate of drug-likeness (QED) is 0.659. The van der Waals surface area contributed by atoms with Crippen molar-refractivity contribution < 1.29 is 9.72 Å². The van der Waals surface area contributed by atoms with E-state index in [2.05, 4.69) is 4.90 Å². The zero-order chi connectivity index (χ0) is 16.1. The van der Waals surface area contributed by atoms with Crippen molar-refractivity contribution >= 4 is 17.3 Å². The molecule has 2 N–H and O–H groups in total. The number of nitrogens with two attached hydrogens (primary N) is 1. The minimum Gasteiger partial charge on any atom is -0.371 e. The van der Waals surface area contributed by atoms with Crippen LogP contribution in [0.2, 0.25) is 0 Å². The van der Waals surface area contributed by atoms with Crippen LogP contribution < -0.4 is 10.6 Å². The molecule has 0 radical (unpaired) electrons. The van der Waals surface area contributed by atoms with Gasteiger partial charge in [0, 0.05) is 31.3 Å². The number of carbonyl (C=O) groups is 1. The highest BCUT2D eigenvalue weighted by Crippen LogP contribution is 2.29. The highest BCUT2D eigenvalue weighted by molar-refractivity contribution is 5.73. The van der Waals surface area contributed by atoms with Gasteiger partial charge in [-0.1, -0.05) is 0 Å². The van der Waals surface area contributed by atoms with Gasteiger partial charge in [-0.15, -0.1) is 0 Å². The Morgan fingerprint density at radius 2 is 2.32 bits per heavy atom. The molecular formula is C15H18N4O3. The van der Waals surface area contributed by atoms with E-state index < -0.39 is 4.92 Å². The average molecular weight is 302 g/mol. The Labute approximate surface area is 128 Å². The largest absolute Gasteiger partial charge is 0.371 e. The molecule has 0 bridgehead atoms. The van der Waals surface area contributed by atoms with E-state index in [0.29, 0.717) is 12.3 Å². The molecule has 1 aliphatic rings. The summed E-state index contributed by atoms with van der Waals surface area (Å²) in [7, 11) is 0. The first-order valence-electron chi connectivity index (χ1n) is 7.23. The molecule has 1 atom stereocenters. The molecule has 2 rings (SSSR count). The molecule has 1 aliphatic heterocycles. The monoisotopic (exact) mass is 302 g/mol. The second-order valence-corrected chi connectivity index (χ2v) is 5.53. The van der Waals surface area contributed by atoms with Crippen molar-refractivity contribution in [3.8, 4) is 6.07 Å². The summed E-state index contributed by atoms with van der Waals surface area (Å²) >= 11 is 0. The van der Waals surface area contributed by atoms with E-state index in [1.54, 1.807) is 12.1 Å². The van der Waals surface area contributed by atoms with E-state index in [1.165, 1.54) is 6.07 Å². The average Bonchev–Trinajstić information content (AvgIpc) is 2.52. The summed E-state index contributed by atoms with van der Waals surface area (Å²) in [5.74, 6) is 0.0844. The zero-order valence-corrected chi connectivity index (χ0v) is 12.2. The molecule has 7 nitrogen and oxygen atoms in total. The molecule has 1 saturated heterocycles. The minimum absolute atomic E-state index is 0.0711. The summed E-state index contributed by atoms with van der Waals surface area (Å²) in [5, 5.41) is 19.9. The number of nitro groups is 1. The minimum atomic E-state index is -0.547. The van der Waals surface area contributed by atoms with Gasteiger partial charge in [0.2, 0.25) is 5.91 Å². The van der Waals surface area contributed by atoms with Gasteiger partial charge in [0.25, 0.3) is 5.69 Å². The van der Waals surface area contributed by atoms with Crippen molar-refractivity contribution in [2.24, 2.45) is 11.7 Å². The molecule has 0 aromatic heterocycles. The van der Waals surface area contributed by atoms with E-state index in [9.17, 15) is 14.9 Å². The number of piperidine rings is 1. The lowest BCUT2D eigenvalue weighted by atomic mass is 9.93. The number of benzene rings is 1. The number of amides is 1. The lowest BCUT2D eigenvalue weighted by Gasteiger charge is -2.34. The fraction of sp³-hybridized carbons (Fsp3) is 0.467. The van der Waals surface area contributed by atoms with Crippen LogP contribution in [0.1, 0.15) is 31.2 Å². The predicted octanol–water partition coefficient (Wildman–Crippen LogP) is 1.95. The maximum atomic E-state index is 10.9. The molecule has 0 saturated carbocycles. The third-order valence-electron chi connectivity index (χ3n) is 3.98. The molecule has 22 heavy (non-hydrogen) atoms. The molecule has 1 fully saturated rings. The third-order valence-corrected chi connectivity index (χ3v) is 3.98. The van der Waals surface area contributed by atoms with Crippen LogP contribution in [0.15, 0.2) is 18.2 Å². The highest BCUT2D eigenvalue weighted by Gasteiger charge is 2.22.